The molecule has 0 fully saturated rings. The molecule has 2 rings (SSSR count). The topological polar surface area (TPSA) is 111 Å². The highest BCUT2D eigenvalue weighted by molar-refractivity contribution is 7.94. The molecule has 106 valence electrons. The van der Waals surface area contributed by atoms with Crippen LogP contribution in [-0.4, -0.2) is 36.4 Å². The van der Waals surface area contributed by atoms with E-state index in [1.807, 2.05) is 0 Å². The van der Waals surface area contributed by atoms with Crippen LogP contribution < -0.4 is 4.72 Å². The molecule has 2 aromatic rings. The van der Waals surface area contributed by atoms with E-state index in [4.69, 9.17) is 11.6 Å². The van der Waals surface area contributed by atoms with Gasteiger partial charge in [0.2, 0.25) is 5.95 Å². The van der Waals surface area contributed by atoms with Gasteiger partial charge >= 0.3 is 5.97 Å². The summed E-state index contributed by atoms with van der Waals surface area (Å²) >= 11 is 6.41. The van der Waals surface area contributed by atoms with Crippen molar-refractivity contribution in [2.75, 3.05) is 11.8 Å². The molecule has 8 nitrogen and oxygen atoms in total. The van der Waals surface area contributed by atoms with Gasteiger partial charge in [0.1, 0.15) is 5.15 Å². The Morgan fingerprint density at radius 1 is 1.45 bits per heavy atom. The van der Waals surface area contributed by atoms with Crippen LogP contribution in [0.1, 0.15) is 10.5 Å². The average molecular weight is 335 g/mol. The maximum absolute atomic E-state index is 12.1. The zero-order valence-corrected chi connectivity index (χ0v) is 12.3. The van der Waals surface area contributed by atoms with Gasteiger partial charge in [-0.1, -0.05) is 11.6 Å². The summed E-state index contributed by atoms with van der Waals surface area (Å²) in [6, 6.07) is 1.39. The van der Waals surface area contributed by atoms with Gasteiger partial charge in [0.15, 0.2) is 9.90 Å². The lowest BCUT2D eigenvalue weighted by Gasteiger charge is -2.05. The summed E-state index contributed by atoms with van der Waals surface area (Å²) in [6.45, 7) is 0. The zero-order valence-electron chi connectivity index (χ0n) is 9.90. The van der Waals surface area contributed by atoms with E-state index in [0.717, 1.165) is 18.4 Å². The fraction of sp³-hybridized carbons (Fsp3) is 0.111. The number of hydrogen-bond donors (Lipinski definition) is 1. The number of methoxy groups -OCH3 is 1. The highest BCUT2D eigenvalue weighted by atomic mass is 35.5. The van der Waals surface area contributed by atoms with E-state index in [2.05, 4.69) is 24.4 Å². The molecule has 0 aliphatic carbocycles. The average Bonchev–Trinajstić information content (AvgIpc) is 2.87. The number of aromatic nitrogens is 3. The van der Waals surface area contributed by atoms with Crippen LogP contribution in [0.25, 0.3) is 0 Å². The molecule has 0 bridgehead atoms. The van der Waals surface area contributed by atoms with Gasteiger partial charge in [0.25, 0.3) is 10.0 Å². The maximum atomic E-state index is 12.1. The van der Waals surface area contributed by atoms with Crippen molar-refractivity contribution in [3.8, 4) is 0 Å². The summed E-state index contributed by atoms with van der Waals surface area (Å²) < 4.78 is 30.6. The van der Waals surface area contributed by atoms with Crippen molar-refractivity contribution in [2.45, 2.75) is 4.21 Å². The van der Waals surface area contributed by atoms with Gasteiger partial charge in [-0.05, 0) is 6.07 Å². The first-order valence-corrected chi connectivity index (χ1v) is 7.71. The highest BCUT2D eigenvalue weighted by Gasteiger charge is 2.27. The van der Waals surface area contributed by atoms with Crippen LogP contribution in [0, 0.1) is 0 Å². The third-order valence-corrected chi connectivity index (χ3v) is 4.91. The molecule has 0 saturated carbocycles. The molecule has 2 heterocycles. The first-order valence-electron chi connectivity index (χ1n) is 4.97. The second kappa shape index (κ2) is 5.69. The minimum absolute atomic E-state index is 0.0789. The number of nitrogens with one attached hydrogen (secondary N) is 1. The minimum Gasteiger partial charge on any atom is -0.464 e. The molecule has 0 aliphatic rings. The predicted octanol–water partition coefficient (Wildman–Crippen LogP) is 1.17. The molecule has 0 radical (unpaired) electrons. The number of hydrogen-bond acceptors (Lipinski definition) is 8. The van der Waals surface area contributed by atoms with E-state index in [1.165, 1.54) is 17.8 Å². The normalized spacial score (nSPS) is 11.1. The van der Waals surface area contributed by atoms with Gasteiger partial charge < -0.3 is 4.74 Å². The van der Waals surface area contributed by atoms with Crippen LogP contribution >= 0.6 is 22.9 Å². The van der Waals surface area contributed by atoms with Crippen molar-refractivity contribution in [1.82, 2.24) is 15.0 Å². The van der Waals surface area contributed by atoms with Gasteiger partial charge in [-0.2, -0.15) is 0 Å². The molecule has 11 heteroatoms. The molecule has 20 heavy (non-hydrogen) atoms. The second-order valence-corrected chi connectivity index (χ2v) is 6.41. The summed E-state index contributed by atoms with van der Waals surface area (Å²) in [4.78, 5) is 22.5. The fourth-order valence-electron chi connectivity index (χ4n) is 1.21. The SMILES string of the molecule is COC(=O)c1ncsc1S(=O)(=O)Nc1nccc(Cl)n1. The molecule has 0 spiro atoms. The summed E-state index contributed by atoms with van der Waals surface area (Å²) in [5.74, 6) is -1.06. The number of carbonyl (C=O) groups is 1. The quantitative estimate of drug-likeness (QED) is 0.660. The van der Waals surface area contributed by atoms with E-state index in [0.29, 0.717) is 0 Å². The number of ether oxygens (including phenoxy) is 1. The van der Waals surface area contributed by atoms with Crippen molar-refractivity contribution >= 4 is 44.9 Å². The van der Waals surface area contributed by atoms with E-state index in [9.17, 15) is 13.2 Å². The summed E-state index contributed by atoms with van der Waals surface area (Å²) in [7, 11) is -2.92. The number of anilines is 1. The van der Waals surface area contributed by atoms with Crippen molar-refractivity contribution in [1.29, 1.82) is 0 Å². The maximum Gasteiger partial charge on any atom is 0.358 e. The Bertz CT molecular complexity index is 746. The van der Waals surface area contributed by atoms with Gasteiger partial charge in [0.05, 0.1) is 12.6 Å². The molecule has 1 N–H and O–H groups in total. The lowest BCUT2D eigenvalue weighted by molar-refractivity contribution is 0.0590. The largest absolute Gasteiger partial charge is 0.464 e. The summed E-state index contributed by atoms with van der Waals surface area (Å²) in [5.41, 5.74) is 0.923. The van der Waals surface area contributed by atoms with Crippen LogP contribution in [0.15, 0.2) is 22.0 Å². The smallest absolute Gasteiger partial charge is 0.358 e. The van der Waals surface area contributed by atoms with Crippen LogP contribution in [0.2, 0.25) is 5.15 Å². The molecule has 0 amide bonds. The van der Waals surface area contributed by atoms with E-state index >= 15 is 0 Å². The number of carbonyl (C=O) groups excluding carboxylic acids is 1. The lowest BCUT2D eigenvalue weighted by Crippen LogP contribution is -2.17. The molecule has 2 aromatic heterocycles. The van der Waals surface area contributed by atoms with Crippen LogP contribution in [-0.2, 0) is 14.8 Å². The Kier molecular flexibility index (Phi) is 4.16. The standard InChI is InChI=1S/C9H7ClN4O4S2/c1-18-7(15)6-8(19-4-12-6)20(16,17)14-9-11-3-2-5(10)13-9/h2-4H,1H3,(H,11,13,14). The monoisotopic (exact) mass is 334 g/mol. The molecule has 0 aliphatic heterocycles. The van der Waals surface area contributed by atoms with Crippen molar-refractivity contribution < 1.29 is 17.9 Å². The van der Waals surface area contributed by atoms with Crippen LogP contribution in [0.4, 0.5) is 5.95 Å². The van der Waals surface area contributed by atoms with Crippen LogP contribution in [0.3, 0.4) is 0 Å². The Morgan fingerprint density at radius 2 is 2.20 bits per heavy atom. The third-order valence-electron chi connectivity index (χ3n) is 2.00. The number of halogens is 1. The fourth-order valence-corrected chi connectivity index (χ4v) is 3.43. The third kappa shape index (κ3) is 3.03. The molecule has 0 aromatic carbocycles. The summed E-state index contributed by atoms with van der Waals surface area (Å²) in [5, 5.41) is 0.0789. The molecule has 0 atom stereocenters. The Balaban J connectivity index is 2.36. The van der Waals surface area contributed by atoms with E-state index in [1.54, 1.807) is 0 Å². The lowest BCUT2D eigenvalue weighted by atomic mass is 10.5. The van der Waals surface area contributed by atoms with Gasteiger partial charge in [-0.25, -0.2) is 32.9 Å². The first-order chi connectivity index (χ1) is 9.44. The first kappa shape index (κ1) is 14.6. The summed E-state index contributed by atoms with van der Waals surface area (Å²) in [6.07, 6.45) is 1.29. The number of sulfonamides is 1. The highest BCUT2D eigenvalue weighted by Crippen LogP contribution is 2.22. The molecule has 0 saturated heterocycles. The second-order valence-electron chi connectivity index (χ2n) is 3.29. The predicted molar refractivity (Wildman–Crippen MR) is 71.3 cm³/mol. The number of nitrogens with zero attached hydrogens (tertiary/aromatic N) is 3. The molecular formula is C9H7ClN4O4S2. The Hall–Kier alpha value is -1.78. The zero-order chi connectivity index (χ0) is 14.8. The Labute approximate surface area is 122 Å². The van der Waals surface area contributed by atoms with E-state index < -0.39 is 16.0 Å². The van der Waals surface area contributed by atoms with Crippen molar-refractivity contribution in [3.05, 3.63) is 28.6 Å². The van der Waals surface area contributed by atoms with Gasteiger partial charge in [0, 0.05) is 6.20 Å². The number of rotatable bonds is 4. The number of thiazole rings is 1. The van der Waals surface area contributed by atoms with E-state index in [-0.39, 0.29) is 21.0 Å². The minimum atomic E-state index is -4.05. The van der Waals surface area contributed by atoms with Crippen molar-refractivity contribution in [3.63, 3.8) is 0 Å². The molecule has 0 unspecified atom stereocenters. The van der Waals surface area contributed by atoms with Gasteiger partial charge in [-0.3, -0.25) is 0 Å². The molecular weight excluding hydrogens is 328 g/mol. The van der Waals surface area contributed by atoms with Crippen molar-refractivity contribution in [2.24, 2.45) is 0 Å². The Morgan fingerprint density at radius 3 is 2.85 bits per heavy atom. The van der Waals surface area contributed by atoms with Gasteiger partial charge in [-0.15, -0.1) is 11.3 Å². The van der Waals surface area contributed by atoms with Crippen LogP contribution in [0.5, 0.6) is 0 Å². The number of esters is 1.